The van der Waals surface area contributed by atoms with Crippen molar-refractivity contribution in [2.75, 3.05) is 14.2 Å². The van der Waals surface area contributed by atoms with E-state index in [4.69, 9.17) is 4.74 Å². The minimum Gasteiger partial charge on any atom is -0.496 e. The molecule has 1 aromatic rings. The molecule has 2 saturated heterocycles. The topological polar surface area (TPSA) is 41.6 Å². The van der Waals surface area contributed by atoms with Crippen molar-refractivity contribution in [1.82, 2.24) is 10.2 Å². The number of aryl methyl sites for hydroxylation is 1. The Kier molecular flexibility index (Phi) is 5.35. The second kappa shape index (κ2) is 6.88. The number of nitrogens with zero attached hydrogens (tertiary/aromatic N) is 1. The minimum absolute atomic E-state index is 0. The van der Waals surface area contributed by atoms with E-state index < -0.39 is 0 Å². The molecule has 5 heteroatoms. The van der Waals surface area contributed by atoms with Crippen LogP contribution in [0.2, 0.25) is 0 Å². The van der Waals surface area contributed by atoms with Crippen molar-refractivity contribution in [1.29, 1.82) is 0 Å². The Bertz CT molecular complexity index is 537. The zero-order chi connectivity index (χ0) is 15.0. The smallest absolute Gasteiger partial charge is 0.253 e. The highest BCUT2D eigenvalue weighted by Crippen LogP contribution is 2.30. The van der Waals surface area contributed by atoms with Crippen LogP contribution in [-0.4, -0.2) is 43.1 Å². The first kappa shape index (κ1) is 17.1. The highest BCUT2D eigenvalue weighted by Gasteiger charge is 2.36. The molecule has 0 spiro atoms. The average molecular weight is 325 g/mol. The number of carbonyl (C=O) groups excluding carboxylic acids is 1. The van der Waals surface area contributed by atoms with Crippen LogP contribution in [0.3, 0.4) is 0 Å². The van der Waals surface area contributed by atoms with Crippen molar-refractivity contribution >= 4 is 18.3 Å². The first-order valence-corrected chi connectivity index (χ1v) is 7.76. The number of fused-ring (bicyclic) bond motifs is 2. The van der Waals surface area contributed by atoms with Gasteiger partial charge in [0.2, 0.25) is 0 Å². The fourth-order valence-corrected chi connectivity index (χ4v) is 3.67. The van der Waals surface area contributed by atoms with E-state index in [0.717, 1.165) is 24.2 Å². The molecule has 2 aliphatic rings. The van der Waals surface area contributed by atoms with Crippen molar-refractivity contribution in [2.45, 2.75) is 50.7 Å². The number of benzene rings is 1. The van der Waals surface area contributed by atoms with Crippen LogP contribution in [0.4, 0.5) is 0 Å². The summed E-state index contributed by atoms with van der Waals surface area (Å²) in [5.74, 6) is 0.874. The van der Waals surface area contributed by atoms with E-state index in [1.807, 2.05) is 37.1 Å². The summed E-state index contributed by atoms with van der Waals surface area (Å²) in [4.78, 5) is 14.6. The molecule has 0 aromatic heterocycles. The van der Waals surface area contributed by atoms with Gasteiger partial charge in [-0.05, 0) is 50.3 Å². The molecular weight excluding hydrogens is 300 g/mol. The lowest BCUT2D eigenvalue weighted by Gasteiger charge is -2.35. The fourth-order valence-electron chi connectivity index (χ4n) is 3.67. The highest BCUT2D eigenvalue weighted by molar-refractivity contribution is 5.94. The molecule has 2 unspecified atom stereocenters. The van der Waals surface area contributed by atoms with Gasteiger partial charge in [0.15, 0.2) is 0 Å². The molecule has 2 bridgehead atoms. The van der Waals surface area contributed by atoms with Crippen LogP contribution in [-0.2, 0) is 0 Å². The molecule has 122 valence electrons. The average Bonchev–Trinajstić information content (AvgIpc) is 2.84. The van der Waals surface area contributed by atoms with E-state index in [1.165, 1.54) is 12.8 Å². The molecule has 1 N–H and O–H groups in total. The summed E-state index contributed by atoms with van der Waals surface area (Å²) in [6, 6.07) is 7.24. The zero-order valence-electron chi connectivity index (χ0n) is 13.5. The third kappa shape index (κ3) is 3.23. The maximum absolute atomic E-state index is 12.7. The Morgan fingerprint density at radius 1 is 1.27 bits per heavy atom. The van der Waals surface area contributed by atoms with Crippen LogP contribution in [0.15, 0.2) is 18.2 Å². The predicted octanol–water partition coefficient (Wildman–Crippen LogP) is 2.78. The van der Waals surface area contributed by atoms with E-state index in [0.29, 0.717) is 23.7 Å². The molecule has 2 fully saturated rings. The molecule has 4 nitrogen and oxygen atoms in total. The van der Waals surface area contributed by atoms with Crippen LogP contribution >= 0.6 is 12.4 Å². The van der Waals surface area contributed by atoms with Crippen molar-refractivity contribution in [3.8, 4) is 5.75 Å². The lowest BCUT2D eigenvalue weighted by molar-refractivity contribution is 0.0681. The number of piperidine rings is 1. The SMILES string of the molecule is COc1cc(C(=O)N(C)C2CC3CCC(C2)N3)ccc1C.Cl. The van der Waals surface area contributed by atoms with Gasteiger partial charge in [-0.1, -0.05) is 6.07 Å². The van der Waals surface area contributed by atoms with Crippen molar-refractivity contribution in [3.05, 3.63) is 29.3 Å². The van der Waals surface area contributed by atoms with E-state index >= 15 is 0 Å². The Labute approximate surface area is 138 Å². The quantitative estimate of drug-likeness (QED) is 0.929. The van der Waals surface area contributed by atoms with E-state index in [1.54, 1.807) is 7.11 Å². The number of halogens is 1. The molecule has 2 heterocycles. The van der Waals surface area contributed by atoms with Crippen LogP contribution in [0, 0.1) is 6.92 Å². The molecule has 1 aromatic carbocycles. The standard InChI is InChI=1S/C17H24N2O2.ClH/c1-11-4-5-12(8-16(11)21-3)17(20)19(2)15-9-13-6-7-14(10-15)18-13;/h4-5,8,13-15,18H,6-7,9-10H2,1-3H3;1H. The molecule has 22 heavy (non-hydrogen) atoms. The maximum atomic E-state index is 12.7. The zero-order valence-corrected chi connectivity index (χ0v) is 14.3. The molecule has 3 rings (SSSR count). The minimum atomic E-state index is 0. The number of amides is 1. The van der Waals surface area contributed by atoms with Gasteiger partial charge in [-0.25, -0.2) is 0 Å². The third-order valence-corrected chi connectivity index (χ3v) is 4.97. The summed E-state index contributed by atoms with van der Waals surface area (Å²) in [5, 5.41) is 3.62. The molecule has 0 saturated carbocycles. The number of carbonyl (C=O) groups is 1. The van der Waals surface area contributed by atoms with Gasteiger partial charge in [0, 0.05) is 30.7 Å². The lowest BCUT2D eigenvalue weighted by Crippen LogP contribution is -2.48. The molecule has 0 radical (unpaired) electrons. The first-order chi connectivity index (χ1) is 10.1. The summed E-state index contributed by atoms with van der Waals surface area (Å²) in [5.41, 5.74) is 1.77. The largest absolute Gasteiger partial charge is 0.496 e. The Morgan fingerprint density at radius 2 is 1.91 bits per heavy atom. The molecule has 2 atom stereocenters. The third-order valence-electron chi connectivity index (χ3n) is 4.97. The van der Waals surface area contributed by atoms with Gasteiger partial charge in [0.1, 0.15) is 5.75 Å². The van der Waals surface area contributed by atoms with E-state index in [-0.39, 0.29) is 18.3 Å². The maximum Gasteiger partial charge on any atom is 0.253 e. The second-order valence-electron chi connectivity index (χ2n) is 6.36. The molecular formula is C17H25ClN2O2. The van der Waals surface area contributed by atoms with Crippen LogP contribution in [0.25, 0.3) is 0 Å². The summed E-state index contributed by atoms with van der Waals surface area (Å²) in [6.45, 7) is 1.99. The highest BCUT2D eigenvalue weighted by atomic mass is 35.5. The summed E-state index contributed by atoms with van der Waals surface area (Å²) >= 11 is 0. The summed E-state index contributed by atoms with van der Waals surface area (Å²) in [7, 11) is 3.58. The number of methoxy groups -OCH3 is 1. The van der Waals surface area contributed by atoms with Crippen LogP contribution < -0.4 is 10.1 Å². The van der Waals surface area contributed by atoms with Gasteiger partial charge < -0.3 is 15.0 Å². The van der Waals surface area contributed by atoms with Crippen molar-refractivity contribution in [2.24, 2.45) is 0 Å². The number of nitrogens with one attached hydrogen (secondary N) is 1. The molecule has 0 aliphatic carbocycles. The summed E-state index contributed by atoms with van der Waals surface area (Å²) < 4.78 is 5.32. The monoisotopic (exact) mass is 324 g/mol. The van der Waals surface area contributed by atoms with Gasteiger partial charge in [0.25, 0.3) is 5.91 Å². The Balaban J connectivity index is 0.00000176. The Hall–Kier alpha value is -1.26. The van der Waals surface area contributed by atoms with Crippen LogP contribution in [0.5, 0.6) is 5.75 Å². The molecule has 1 amide bonds. The second-order valence-corrected chi connectivity index (χ2v) is 6.36. The van der Waals surface area contributed by atoms with Crippen LogP contribution in [0.1, 0.15) is 41.6 Å². The first-order valence-electron chi connectivity index (χ1n) is 7.76. The fraction of sp³-hybridized carbons (Fsp3) is 0.588. The van der Waals surface area contributed by atoms with Gasteiger partial charge >= 0.3 is 0 Å². The summed E-state index contributed by atoms with van der Waals surface area (Å²) in [6.07, 6.45) is 4.65. The number of ether oxygens (including phenoxy) is 1. The van der Waals surface area contributed by atoms with E-state index in [2.05, 4.69) is 5.32 Å². The molecule has 2 aliphatic heterocycles. The van der Waals surface area contributed by atoms with E-state index in [9.17, 15) is 4.79 Å². The van der Waals surface area contributed by atoms with Crippen molar-refractivity contribution < 1.29 is 9.53 Å². The normalized spacial score (nSPS) is 26.2. The van der Waals surface area contributed by atoms with Gasteiger partial charge in [-0.3, -0.25) is 4.79 Å². The number of hydrogen-bond acceptors (Lipinski definition) is 3. The van der Waals surface area contributed by atoms with Gasteiger partial charge in [-0.15, -0.1) is 12.4 Å². The number of rotatable bonds is 3. The Morgan fingerprint density at radius 3 is 2.50 bits per heavy atom. The number of hydrogen-bond donors (Lipinski definition) is 1. The van der Waals surface area contributed by atoms with Crippen molar-refractivity contribution in [3.63, 3.8) is 0 Å². The van der Waals surface area contributed by atoms with Gasteiger partial charge in [-0.2, -0.15) is 0 Å². The van der Waals surface area contributed by atoms with Gasteiger partial charge in [0.05, 0.1) is 7.11 Å². The predicted molar refractivity (Wildman–Crippen MR) is 90.0 cm³/mol. The lowest BCUT2D eigenvalue weighted by atomic mass is 9.98.